The minimum atomic E-state index is -1.19. The highest BCUT2D eigenvalue weighted by atomic mass is 19.1. The number of carbonyl (C=O) groups is 2. The molecule has 2 aromatic carbocycles. The minimum absolute atomic E-state index is 0.0589. The van der Waals surface area contributed by atoms with Gasteiger partial charge in [-0.1, -0.05) is 30.3 Å². The van der Waals surface area contributed by atoms with Crippen LogP contribution in [0.4, 0.5) is 9.18 Å². The van der Waals surface area contributed by atoms with Crippen molar-refractivity contribution in [3.63, 3.8) is 0 Å². The molecule has 1 fully saturated rings. The maximum absolute atomic E-state index is 13.9. The van der Waals surface area contributed by atoms with Crippen molar-refractivity contribution in [1.29, 1.82) is 0 Å². The van der Waals surface area contributed by atoms with Gasteiger partial charge in [0.15, 0.2) is 0 Å². The Morgan fingerprint density at radius 2 is 1.83 bits per heavy atom. The van der Waals surface area contributed by atoms with Crippen molar-refractivity contribution in [3.8, 4) is 5.75 Å². The van der Waals surface area contributed by atoms with Crippen LogP contribution in [0.5, 0.6) is 5.75 Å². The lowest BCUT2D eigenvalue weighted by atomic mass is 9.93. The van der Waals surface area contributed by atoms with Crippen LogP contribution in [0.2, 0.25) is 0 Å². The summed E-state index contributed by atoms with van der Waals surface area (Å²) in [4.78, 5) is 28.8. The first-order valence-corrected chi connectivity index (χ1v) is 12.1. The SMILES string of the molecule is CC(=O)N[C@@H](Cc1cc(O)cc(F)c1)[C@H](O)[C@H]1CN(Cc2ccccc2)CCN1C(=O)OC(C)(C)C. The van der Waals surface area contributed by atoms with E-state index in [4.69, 9.17) is 4.74 Å². The van der Waals surface area contributed by atoms with E-state index in [0.29, 0.717) is 31.7 Å². The van der Waals surface area contributed by atoms with Crippen molar-refractivity contribution in [2.24, 2.45) is 0 Å². The van der Waals surface area contributed by atoms with E-state index in [1.54, 1.807) is 20.8 Å². The zero-order chi connectivity index (χ0) is 26.5. The molecule has 3 N–H and O–H groups in total. The Labute approximate surface area is 211 Å². The van der Waals surface area contributed by atoms with Gasteiger partial charge in [0.05, 0.1) is 18.2 Å². The van der Waals surface area contributed by atoms with E-state index in [1.165, 1.54) is 24.0 Å². The van der Waals surface area contributed by atoms with Gasteiger partial charge in [-0.15, -0.1) is 0 Å². The quantitative estimate of drug-likeness (QED) is 0.539. The first-order chi connectivity index (χ1) is 16.9. The smallest absolute Gasteiger partial charge is 0.410 e. The first kappa shape index (κ1) is 27.4. The van der Waals surface area contributed by atoms with Gasteiger partial charge in [0.2, 0.25) is 5.91 Å². The molecule has 1 heterocycles. The van der Waals surface area contributed by atoms with Crippen molar-refractivity contribution in [3.05, 3.63) is 65.5 Å². The molecule has 1 aliphatic heterocycles. The lowest BCUT2D eigenvalue weighted by Crippen LogP contribution is -2.64. The van der Waals surface area contributed by atoms with Crippen LogP contribution in [0.25, 0.3) is 0 Å². The van der Waals surface area contributed by atoms with Gasteiger partial charge in [-0.3, -0.25) is 14.6 Å². The number of benzene rings is 2. The molecule has 3 rings (SSSR count). The zero-order valence-corrected chi connectivity index (χ0v) is 21.3. The maximum atomic E-state index is 13.9. The van der Waals surface area contributed by atoms with Crippen LogP contribution < -0.4 is 5.32 Å². The van der Waals surface area contributed by atoms with Crippen molar-refractivity contribution in [2.45, 2.75) is 64.4 Å². The van der Waals surface area contributed by atoms with Gasteiger partial charge < -0.3 is 20.3 Å². The summed E-state index contributed by atoms with van der Waals surface area (Å²) in [6.07, 6.45) is -1.68. The van der Waals surface area contributed by atoms with Crippen molar-refractivity contribution in [2.75, 3.05) is 19.6 Å². The number of aliphatic hydroxyl groups excluding tert-OH is 1. The van der Waals surface area contributed by atoms with Crippen LogP contribution in [0.1, 0.15) is 38.8 Å². The van der Waals surface area contributed by atoms with Crippen LogP contribution in [0.3, 0.4) is 0 Å². The largest absolute Gasteiger partial charge is 0.508 e. The van der Waals surface area contributed by atoms with Crippen LogP contribution in [-0.4, -0.2) is 75.4 Å². The topological polar surface area (TPSA) is 102 Å². The van der Waals surface area contributed by atoms with Gasteiger partial charge in [-0.2, -0.15) is 0 Å². The molecule has 0 saturated carbocycles. The summed E-state index contributed by atoms with van der Waals surface area (Å²) in [5, 5.41) is 24.1. The van der Waals surface area contributed by atoms with Gasteiger partial charge in [-0.05, 0) is 50.5 Å². The summed E-state index contributed by atoms with van der Waals surface area (Å²) in [5.41, 5.74) is 0.792. The summed E-state index contributed by atoms with van der Waals surface area (Å²) in [5.74, 6) is -1.24. The van der Waals surface area contributed by atoms with Gasteiger partial charge in [0, 0.05) is 39.2 Å². The number of phenols is 1. The Balaban J connectivity index is 1.87. The fourth-order valence-electron chi connectivity index (χ4n) is 4.49. The van der Waals surface area contributed by atoms with Crippen LogP contribution in [0, 0.1) is 5.82 Å². The lowest BCUT2D eigenvalue weighted by Gasteiger charge is -2.45. The van der Waals surface area contributed by atoms with Crippen LogP contribution >= 0.6 is 0 Å². The third-order valence-electron chi connectivity index (χ3n) is 5.97. The summed E-state index contributed by atoms with van der Waals surface area (Å²) in [6.45, 7) is 8.55. The Morgan fingerprint density at radius 3 is 2.44 bits per heavy atom. The zero-order valence-electron chi connectivity index (χ0n) is 21.3. The van der Waals surface area contributed by atoms with E-state index < -0.39 is 35.7 Å². The summed E-state index contributed by atoms with van der Waals surface area (Å²) in [6, 6.07) is 12.0. The molecule has 0 aromatic heterocycles. The Morgan fingerprint density at radius 1 is 1.14 bits per heavy atom. The maximum Gasteiger partial charge on any atom is 0.410 e. The van der Waals surface area contributed by atoms with E-state index in [0.717, 1.165) is 11.6 Å². The van der Waals surface area contributed by atoms with E-state index in [9.17, 15) is 24.2 Å². The van der Waals surface area contributed by atoms with Gasteiger partial charge in [0.25, 0.3) is 0 Å². The molecule has 9 heteroatoms. The summed E-state index contributed by atoms with van der Waals surface area (Å²) in [7, 11) is 0. The molecule has 2 aromatic rings. The molecular formula is C27H36FN3O5. The molecule has 3 atom stereocenters. The van der Waals surface area contributed by atoms with E-state index in [1.807, 2.05) is 30.3 Å². The molecule has 8 nitrogen and oxygen atoms in total. The number of piperazine rings is 1. The molecule has 1 aliphatic rings. The average Bonchev–Trinajstić information content (AvgIpc) is 2.76. The lowest BCUT2D eigenvalue weighted by molar-refractivity contribution is -0.121. The molecule has 36 heavy (non-hydrogen) atoms. The molecule has 0 aliphatic carbocycles. The average molecular weight is 502 g/mol. The van der Waals surface area contributed by atoms with Crippen LogP contribution in [0.15, 0.2) is 48.5 Å². The van der Waals surface area contributed by atoms with Crippen molar-refractivity contribution < 1.29 is 28.9 Å². The number of nitrogens with one attached hydrogen (secondary N) is 1. The van der Waals surface area contributed by atoms with E-state index >= 15 is 0 Å². The molecule has 1 saturated heterocycles. The molecule has 0 spiro atoms. The highest BCUT2D eigenvalue weighted by Crippen LogP contribution is 2.23. The Hall–Kier alpha value is -3.17. The number of aromatic hydroxyl groups is 1. The number of ether oxygens (including phenoxy) is 1. The van der Waals surface area contributed by atoms with Crippen LogP contribution in [-0.2, 0) is 22.5 Å². The number of carbonyl (C=O) groups excluding carboxylic acids is 2. The second kappa shape index (κ2) is 11.7. The second-order valence-corrected chi connectivity index (χ2v) is 10.3. The Bertz CT molecular complexity index is 1020. The molecular weight excluding hydrogens is 465 g/mol. The van der Waals surface area contributed by atoms with Crippen molar-refractivity contribution >= 4 is 12.0 Å². The Kier molecular flexibility index (Phi) is 8.92. The number of hydrogen-bond donors (Lipinski definition) is 3. The van der Waals surface area contributed by atoms with Crippen molar-refractivity contribution in [1.82, 2.24) is 15.1 Å². The van der Waals surface area contributed by atoms with E-state index in [2.05, 4.69) is 10.2 Å². The molecule has 2 amide bonds. The first-order valence-electron chi connectivity index (χ1n) is 12.1. The summed E-state index contributed by atoms with van der Waals surface area (Å²) >= 11 is 0. The highest BCUT2D eigenvalue weighted by Gasteiger charge is 2.40. The van der Waals surface area contributed by atoms with Gasteiger partial charge in [-0.25, -0.2) is 9.18 Å². The number of nitrogens with zero attached hydrogens (tertiary/aromatic N) is 2. The second-order valence-electron chi connectivity index (χ2n) is 10.3. The predicted octanol–water partition coefficient (Wildman–Crippen LogP) is 3.06. The number of hydrogen-bond acceptors (Lipinski definition) is 6. The monoisotopic (exact) mass is 501 g/mol. The molecule has 0 bridgehead atoms. The standard InChI is InChI=1S/C27H36FN3O5/c1-18(32)29-23(14-20-12-21(28)15-22(33)13-20)25(34)24-17-30(16-19-8-6-5-7-9-19)10-11-31(24)26(35)36-27(2,3)4/h5-9,12-13,15,23-25,33-34H,10-11,14,16-17H2,1-4H3,(H,29,32)/t23-,24+,25-/m0/s1. The predicted molar refractivity (Wildman–Crippen MR) is 134 cm³/mol. The van der Waals surface area contributed by atoms with Gasteiger partial charge in [0.1, 0.15) is 17.2 Å². The number of amides is 2. The highest BCUT2D eigenvalue weighted by molar-refractivity contribution is 5.73. The summed E-state index contributed by atoms with van der Waals surface area (Å²) < 4.78 is 19.5. The van der Waals surface area contributed by atoms with E-state index in [-0.39, 0.29) is 18.1 Å². The third-order valence-corrected chi connectivity index (χ3v) is 5.97. The molecule has 196 valence electrons. The van der Waals surface area contributed by atoms with Gasteiger partial charge >= 0.3 is 6.09 Å². The number of halogens is 1. The fourth-order valence-corrected chi connectivity index (χ4v) is 4.49. The third kappa shape index (κ3) is 7.93. The normalized spacial score (nSPS) is 18.4. The number of phenolic OH excluding ortho intramolecular Hbond substituents is 1. The molecule has 0 unspecified atom stereocenters. The fraction of sp³-hybridized carbons (Fsp3) is 0.481. The number of rotatable bonds is 7. The number of aliphatic hydroxyl groups is 1. The minimum Gasteiger partial charge on any atom is -0.508 e. The molecule has 0 radical (unpaired) electrons.